The first-order chi connectivity index (χ1) is 4.54. The van der Waals surface area contributed by atoms with Crippen molar-refractivity contribution in [3.63, 3.8) is 0 Å². The van der Waals surface area contributed by atoms with Gasteiger partial charge in [-0.05, 0) is 22.6 Å². The van der Waals surface area contributed by atoms with E-state index in [2.05, 4.69) is 11.6 Å². The summed E-state index contributed by atoms with van der Waals surface area (Å²) in [7, 11) is 0. The first-order valence-corrected chi connectivity index (χ1v) is 3.79. The zero-order valence-electron chi connectivity index (χ0n) is 5.14. The van der Waals surface area contributed by atoms with Crippen LogP contribution in [0.2, 0.25) is 0 Å². The molecule has 0 saturated heterocycles. The fraction of sp³-hybridized carbons (Fsp3) is 0. The summed E-state index contributed by atoms with van der Waals surface area (Å²) in [5.41, 5.74) is 10.5. The molecule has 0 radical (unpaired) electrons. The molecule has 56 valence electrons. The molecule has 0 aliphatic heterocycles. The van der Waals surface area contributed by atoms with Crippen molar-refractivity contribution in [2.45, 2.75) is 0 Å². The monoisotopic (exact) mass is 271 g/mol. The van der Waals surface area contributed by atoms with E-state index in [1.165, 1.54) is 6.20 Å². The molecule has 3 nitrogen and oxygen atoms in total. The molecule has 0 aromatic rings. The molecular formula is C5H7ClIN3. The summed E-state index contributed by atoms with van der Waals surface area (Å²) >= 11 is 7.29. The fourth-order valence-electron chi connectivity index (χ4n) is 0.201. The molecule has 5 heteroatoms. The normalized spacial score (nSPS) is 13.4. The molecule has 4 N–H and O–H groups in total. The third-order valence-corrected chi connectivity index (χ3v) is 1.08. The number of amidine groups is 1. The van der Waals surface area contributed by atoms with Crippen LogP contribution in [-0.4, -0.2) is 5.84 Å². The Morgan fingerprint density at radius 3 is 2.40 bits per heavy atom. The zero-order valence-corrected chi connectivity index (χ0v) is 8.06. The van der Waals surface area contributed by atoms with Crippen molar-refractivity contribution in [1.82, 2.24) is 0 Å². The lowest BCUT2D eigenvalue weighted by atomic mass is 10.6. The summed E-state index contributed by atoms with van der Waals surface area (Å²) < 4.78 is 0.540. The smallest absolute Gasteiger partial charge is 0.141 e. The lowest BCUT2D eigenvalue weighted by Crippen LogP contribution is -2.10. The predicted molar refractivity (Wildman–Crippen MR) is 52.9 cm³/mol. The second kappa shape index (κ2) is 4.56. The van der Waals surface area contributed by atoms with Gasteiger partial charge >= 0.3 is 0 Å². The van der Waals surface area contributed by atoms with Crippen molar-refractivity contribution < 1.29 is 0 Å². The minimum absolute atomic E-state index is 0.182. The van der Waals surface area contributed by atoms with Crippen LogP contribution < -0.4 is 11.5 Å². The van der Waals surface area contributed by atoms with E-state index in [-0.39, 0.29) is 10.9 Å². The highest BCUT2D eigenvalue weighted by Gasteiger charge is 1.90. The number of nitrogens with two attached hydrogens (primary N) is 2. The molecule has 0 aliphatic rings. The molecule has 0 aliphatic carbocycles. The summed E-state index contributed by atoms with van der Waals surface area (Å²) in [6, 6.07) is 0. The lowest BCUT2D eigenvalue weighted by Gasteiger charge is -1.91. The quantitative estimate of drug-likeness (QED) is 0.344. The van der Waals surface area contributed by atoms with Gasteiger partial charge in [0.1, 0.15) is 5.84 Å². The Bertz CT molecular complexity index is 193. The van der Waals surface area contributed by atoms with E-state index in [1.807, 2.05) is 22.6 Å². The molecule has 0 bridgehead atoms. The zero-order chi connectivity index (χ0) is 8.15. The molecule has 0 saturated carbocycles. The molecule has 0 aromatic carbocycles. The van der Waals surface area contributed by atoms with Crippen LogP contribution in [0.4, 0.5) is 0 Å². The van der Waals surface area contributed by atoms with Crippen molar-refractivity contribution in [2.75, 3.05) is 0 Å². The van der Waals surface area contributed by atoms with Gasteiger partial charge in [0, 0.05) is 0 Å². The molecule has 0 atom stereocenters. The van der Waals surface area contributed by atoms with E-state index in [0.29, 0.717) is 3.70 Å². The van der Waals surface area contributed by atoms with Crippen molar-refractivity contribution in [2.24, 2.45) is 16.5 Å². The second-order valence-corrected chi connectivity index (χ2v) is 3.14. The third-order valence-electron chi connectivity index (χ3n) is 0.605. The predicted octanol–water partition coefficient (Wildman–Crippen LogP) is 1.29. The first kappa shape index (κ1) is 9.77. The van der Waals surface area contributed by atoms with Crippen molar-refractivity contribution >= 4 is 40.0 Å². The maximum Gasteiger partial charge on any atom is 0.141 e. The van der Waals surface area contributed by atoms with Crippen molar-refractivity contribution in [3.8, 4) is 0 Å². The number of aliphatic imine (C=N–C) groups is 1. The summed E-state index contributed by atoms with van der Waals surface area (Å²) in [4.78, 5) is 3.69. The van der Waals surface area contributed by atoms with Gasteiger partial charge in [-0.3, -0.25) is 0 Å². The van der Waals surface area contributed by atoms with Crippen LogP contribution in [0.25, 0.3) is 0 Å². The van der Waals surface area contributed by atoms with Gasteiger partial charge in [-0.1, -0.05) is 18.2 Å². The van der Waals surface area contributed by atoms with Gasteiger partial charge in [0.2, 0.25) is 0 Å². The fourth-order valence-corrected chi connectivity index (χ4v) is 0.389. The van der Waals surface area contributed by atoms with Crippen LogP contribution in [0.3, 0.4) is 0 Å². The van der Waals surface area contributed by atoms with Gasteiger partial charge in [-0.25, -0.2) is 4.99 Å². The Morgan fingerprint density at radius 2 is 2.10 bits per heavy atom. The highest BCUT2D eigenvalue weighted by atomic mass is 127. The Kier molecular flexibility index (Phi) is 4.46. The van der Waals surface area contributed by atoms with E-state index >= 15 is 0 Å². The highest BCUT2D eigenvalue weighted by molar-refractivity contribution is 14.1. The average molecular weight is 271 g/mol. The van der Waals surface area contributed by atoms with Crippen LogP contribution >= 0.6 is 34.2 Å². The molecule has 0 aromatic heterocycles. The SMILES string of the molecule is C=C(Cl)C(N)=N/C=C(\N)I. The van der Waals surface area contributed by atoms with Gasteiger partial charge < -0.3 is 11.5 Å². The lowest BCUT2D eigenvalue weighted by molar-refractivity contribution is 1.44. The third kappa shape index (κ3) is 4.63. The molecule has 0 unspecified atom stereocenters. The van der Waals surface area contributed by atoms with Crippen LogP contribution in [0.15, 0.2) is 26.5 Å². The molecule has 0 fully saturated rings. The molecule has 0 rings (SSSR count). The Labute approximate surface area is 78.0 Å². The van der Waals surface area contributed by atoms with E-state index in [4.69, 9.17) is 23.1 Å². The standard InChI is InChI=1S/C5H7ClIN3/c1-3(6)5(9)10-2-4(7)8/h2H,1,8H2,(H2,9,10)/b4-2-. The maximum atomic E-state index is 5.39. The van der Waals surface area contributed by atoms with Crippen LogP contribution in [0, 0.1) is 0 Å². The number of hydrogen-bond acceptors (Lipinski definition) is 2. The maximum absolute atomic E-state index is 5.39. The Morgan fingerprint density at radius 1 is 1.60 bits per heavy atom. The van der Waals surface area contributed by atoms with Crippen LogP contribution in [0.1, 0.15) is 0 Å². The number of hydrogen-bond donors (Lipinski definition) is 2. The summed E-state index contributed by atoms with van der Waals surface area (Å²) in [5, 5.41) is 0.217. The Balaban J connectivity index is 4.19. The minimum Gasteiger partial charge on any atom is -0.393 e. The van der Waals surface area contributed by atoms with Crippen molar-refractivity contribution in [1.29, 1.82) is 0 Å². The van der Waals surface area contributed by atoms with E-state index in [9.17, 15) is 0 Å². The van der Waals surface area contributed by atoms with Gasteiger partial charge in [0.15, 0.2) is 0 Å². The molecule has 0 spiro atoms. The average Bonchev–Trinajstić information content (AvgIpc) is 1.82. The number of nitrogens with zero attached hydrogens (tertiary/aromatic N) is 1. The van der Waals surface area contributed by atoms with E-state index in [0.717, 1.165) is 0 Å². The molecule has 10 heavy (non-hydrogen) atoms. The van der Waals surface area contributed by atoms with E-state index in [1.54, 1.807) is 0 Å². The largest absolute Gasteiger partial charge is 0.393 e. The number of rotatable bonds is 2. The Hall–Kier alpha value is -0.230. The number of halogens is 2. The van der Waals surface area contributed by atoms with Crippen LogP contribution in [-0.2, 0) is 0 Å². The molecule has 0 heterocycles. The van der Waals surface area contributed by atoms with Crippen LogP contribution in [0.5, 0.6) is 0 Å². The van der Waals surface area contributed by atoms with E-state index < -0.39 is 0 Å². The van der Waals surface area contributed by atoms with Crippen molar-refractivity contribution in [3.05, 3.63) is 21.5 Å². The summed E-state index contributed by atoms with van der Waals surface area (Å²) in [6.07, 6.45) is 1.41. The van der Waals surface area contributed by atoms with Gasteiger partial charge in [0.05, 0.1) is 14.9 Å². The highest BCUT2D eigenvalue weighted by Crippen LogP contribution is 1.99. The minimum atomic E-state index is 0.182. The molecular weight excluding hydrogens is 264 g/mol. The van der Waals surface area contributed by atoms with Gasteiger partial charge in [-0.15, -0.1) is 0 Å². The topological polar surface area (TPSA) is 64.4 Å². The van der Waals surface area contributed by atoms with Gasteiger partial charge in [-0.2, -0.15) is 0 Å². The van der Waals surface area contributed by atoms with Gasteiger partial charge in [0.25, 0.3) is 0 Å². The first-order valence-electron chi connectivity index (χ1n) is 2.33. The molecule has 0 amide bonds. The summed E-state index contributed by atoms with van der Waals surface area (Å²) in [5.74, 6) is 0.182. The summed E-state index contributed by atoms with van der Waals surface area (Å²) in [6.45, 7) is 3.37. The second-order valence-electron chi connectivity index (χ2n) is 1.43.